The summed E-state index contributed by atoms with van der Waals surface area (Å²) in [5.41, 5.74) is 1.98. The van der Waals surface area contributed by atoms with Crippen LogP contribution in [0.4, 0.5) is 0 Å². The molecule has 100 valence electrons. The summed E-state index contributed by atoms with van der Waals surface area (Å²) in [6.07, 6.45) is 2.63. The fourth-order valence-corrected chi connectivity index (χ4v) is 2.92. The molecule has 0 N–H and O–H groups in total. The average Bonchev–Trinajstić information content (AvgIpc) is 2.38. The van der Waals surface area contributed by atoms with Gasteiger partial charge < -0.3 is 0 Å². The standard InChI is InChI=1S/C17H21NO/c1-17(2,3)14-8-9-16(19)15(10-14)13-6-4-12(11-18)5-7-13/h4-7,14-15H,8-10H2,1-3H3/t14-,15+/m0/s1. The van der Waals surface area contributed by atoms with E-state index in [9.17, 15) is 4.79 Å². The molecule has 1 fully saturated rings. The lowest BCUT2D eigenvalue weighted by molar-refractivity contribution is -0.123. The number of rotatable bonds is 1. The van der Waals surface area contributed by atoms with Gasteiger partial charge in [0.2, 0.25) is 0 Å². The molecule has 2 nitrogen and oxygen atoms in total. The van der Waals surface area contributed by atoms with Crippen molar-refractivity contribution in [2.75, 3.05) is 0 Å². The Morgan fingerprint density at radius 2 is 1.84 bits per heavy atom. The van der Waals surface area contributed by atoms with Gasteiger partial charge in [0, 0.05) is 12.3 Å². The molecule has 0 unspecified atom stereocenters. The van der Waals surface area contributed by atoms with Gasteiger partial charge in [-0.2, -0.15) is 5.26 Å². The first-order valence-corrected chi connectivity index (χ1v) is 6.94. The van der Waals surface area contributed by atoms with E-state index >= 15 is 0 Å². The summed E-state index contributed by atoms with van der Waals surface area (Å²) >= 11 is 0. The van der Waals surface area contributed by atoms with E-state index in [1.54, 1.807) is 0 Å². The highest BCUT2D eigenvalue weighted by molar-refractivity contribution is 5.86. The van der Waals surface area contributed by atoms with Gasteiger partial charge in [0.15, 0.2) is 0 Å². The minimum atomic E-state index is 0.0192. The highest BCUT2D eigenvalue weighted by atomic mass is 16.1. The fourth-order valence-electron chi connectivity index (χ4n) is 2.92. The molecule has 0 aromatic heterocycles. The van der Waals surface area contributed by atoms with Crippen LogP contribution in [0.15, 0.2) is 24.3 Å². The molecule has 1 saturated carbocycles. The molecular weight excluding hydrogens is 234 g/mol. The number of nitriles is 1. The average molecular weight is 255 g/mol. The maximum atomic E-state index is 12.2. The number of benzene rings is 1. The zero-order chi connectivity index (χ0) is 14.0. The number of carbonyl (C=O) groups excluding carboxylic acids is 1. The number of hydrogen-bond acceptors (Lipinski definition) is 2. The van der Waals surface area contributed by atoms with E-state index in [-0.39, 0.29) is 11.3 Å². The fraction of sp³-hybridized carbons (Fsp3) is 0.529. The lowest BCUT2D eigenvalue weighted by Crippen LogP contribution is -2.30. The van der Waals surface area contributed by atoms with Crippen LogP contribution >= 0.6 is 0 Å². The first-order valence-electron chi connectivity index (χ1n) is 6.94. The molecule has 1 aromatic rings. The van der Waals surface area contributed by atoms with E-state index in [0.717, 1.165) is 18.4 Å². The third-order valence-corrected chi connectivity index (χ3v) is 4.31. The lowest BCUT2D eigenvalue weighted by atomic mass is 9.67. The van der Waals surface area contributed by atoms with Gasteiger partial charge in [-0.3, -0.25) is 4.79 Å². The van der Waals surface area contributed by atoms with Crippen molar-refractivity contribution in [3.63, 3.8) is 0 Å². The van der Waals surface area contributed by atoms with Crippen LogP contribution in [0.3, 0.4) is 0 Å². The van der Waals surface area contributed by atoms with Crippen molar-refractivity contribution in [2.24, 2.45) is 11.3 Å². The van der Waals surface area contributed by atoms with E-state index in [0.29, 0.717) is 23.7 Å². The molecule has 1 aromatic carbocycles. The first-order chi connectivity index (χ1) is 8.91. The van der Waals surface area contributed by atoms with Crippen LogP contribution in [0.2, 0.25) is 0 Å². The predicted octanol–water partition coefficient (Wildman–Crippen LogP) is 4.06. The molecule has 1 aliphatic rings. The maximum Gasteiger partial charge on any atom is 0.140 e. The second kappa shape index (κ2) is 5.17. The van der Waals surface area contributed by atoms with Crippen molar-refractivity contribution >= 4 is 5.78 Å². The van der Waals surface area contributed by atoms with Crippen molar-refractivity contribution in [1.29, 1.82) is 5.26 Å². The topological polar surface area (TPSA) is 40.9 Å². The van der Waals surface area contributed by atoms with Gasteiger partial charge >= 0.3 is 0 Å². The van der Waals surface area contributed by atoms with Crippen LogP contribution in [0.5, 0.6) is 0 Å². The summed E-state index contributed by atoms with van der Waals surface area (Å²) in [5, 5.41) is 8.82. The number of nitrogens with zero attached hydrogens (tertiary/aromatic N) is 1. The van der Waals surface area contributed by atoms with E-state index in [1.807, 2.05) is 24.3 Å². The second-order valence-electron chi connectivity index (χ2n) is 6.59. The number of carbonyl (C=O) groups is 1. The largest absolute Gasteiger partial charge is 0.299 e. The molecular formula is C17H21NO. The van der Waals surface area contributed by atoms with Gasteiger partial charge in [0.05, 0.1) is 11.6 Å². The molecule has 2 atom stereocenters. The molecule has 0 heterocycles. The molecule has 0 amide bonds. The molecule has 0 aliphatic heterocycles. The summed E-state index contributed by atoms with van der Waals surface area (Å²) in [6.45, 7) is 6.76. The van der Waals surface area contributed by atoms with Crippen LogP contribution in [0.1, 0.15) is 57.1 Å². The summed E-state index contributed by atoms with van der Waals surface area (Å²) in [6, 6.07) is 9.61. The highest BCUT2D eigenvalue weighted by Gasteiger charge is 2.35. The zero-order valence-electron chi connectivity index (χ0n) is 11.9. The van der Waals surface area contributed by atoms with E-state index < -0.39 is 0 Å². The summed E-state index contributed by atoms with van der Waals surface area (Å²) < 4.78 is 0. The Hall–Kier alpha value is -1.62. The molecule has 19 heavy (non-hydrogen) atoms. The minimum absolute atomic E-state index is 0.0192. The third kappa shape index (κ3) is 3.04. The number of ketones is 1. The maximum absolute atomic E-state index is 12.2. The van der Waals surface area contributed by atoms with Crippen LogP contribution in [0, 0.1) is 22.7 Å². The van der Waals surface area contributed by atoms with Crippen LogP contribution < -0.4 is 0 Å². The van der Waals surface area contributed by atoms with Gasteiger partial charge in [-0.15, -0.1) is 0 Å². The van der Waals surface area contributed by atoms with E-state index in [1.165, 1.54) is 0 Å². The molecule has 0 spiro atoms. The smallest absolute Gasteiger partial charge is 0.140 e. The summed E-state index contributed by atoms with van der Waals surface area (Å²) in [4.78, 5) is 12.2. The zero-order valence-corrected chi connectivity index (χ0v) is 11.9. The molecule has 0 bridgehead atoms. The van der Waals surface area contributed by atoms with E-state index in [2.05, 4.69) is 26.8 Å². The van der Waals surface area contributed by atoms with Crippen LogP contribution in [-0.4, -0.2) is 5.78 Å². The Bertz CT molecular complexity index is 502. The Kier molecular flexibility index (Phi) is 3.75. The monoisotopic (exact) mass is 255 g/mol. The van der Waals surface area contributed by atoms with Crippen LogP contribution in [0.25, 0.3) is 0 Å². The Morgan fingerprint density at radius 1 is 1.21 bits per heavy atom. The van der Waals surface area contributed by atoms with Gasteiger partial charge in [0.1, 0.15) is 5.78 Å². The van der Waals surface area contributed by atoms with Crippen molar-refractivity contribution in [3.8, 4) is 6.07 Å². The molecule has 0 saturated heterocycles. The van der Waals surface area contributed by atoms with Gasteiger partial charge in [-0.25, -0.2) is 0 Å². The normalized spacial score (nSPS) is 24.0. The SMILES string of the molecule is CC(C)(C)[C@H]1CCC(=O)[C@@H](c2ccc(C#N)cc2)C1. The third-order valence-electron chi connectivity index (χ3n) is 4.31. The molecule has 2 heteroatoms. The summed E-state index contributed by atoms with van der Waals surface area (Å²) in [5.74, 6) is 0.960. The van der Waals surface area contributed by atoms with Crippen molar-refractivity contribution in [2.45, 2.75) is 46.0 Å². The van der Waals surface area contributed by atoms with Crippen LogP contribution in [-0.2, 0) is 4.79 Å². The lowest BCUT2D eigenvalue weighted by Gasteiger charge is -2.37. The highest BCUT2D eigenvalue weighted by Crippen LogP contribution is 2.42. The second-order valence-corrected chi connectivity index (χ2v) is 6.59. The van der Waals surface area contributed by atoms with Gasteiger partial charge in [-0.1, -0.05) is 32.9 Å². The number of hydrogen-bond donors (Lipinski definition) is 0. The first kappa shape index (κ1) is 13.8. The molecule has 2 rings (SSSR count). The number of Topliss-reactive ketones (excluding diaryl/α,β-unsaturated/α-hetero) is 1. The van der Waals surface area contributed by atoms with Gasteiger partial charge in [0.25, 0.3) is 0 Å². The Morgan fingerprint density at radius 3 is 2.37 bits per heavy atom. The van der Waals surface area contributed by atoms with Gasteiger partial charge in [-0.05, 0) is 41.9 Å². The van der Waals surface area contributed by atoms with Crippen molar-refractivity contribution < 1.29 is 4.79 Å². The van der Waals surface area contributed by atoms with Crippen molar-refractivity contribution in [3.05, 3.63) is 35.4 Å². The van der Waals surface area contributed by atoms with E-state index in [4.69, 9.17) is 5.26 Å². The predicted molar refractivity (Wildman–Crippen MR) is 75.7 cm³/mol. The Balaban J connectivity index is 2.21. The quantitative estimate of drug-likeness (QED) is 0.759. The van der Waals surface area contributed by atoms with Crippen molar-refractivity contribution in [1.82, 2.24) is 0 Å². The summed E-state index contributed by atoms with van der Waals surface area (Å²) in [7, 11) is 0. The molecule has 0 radical (unpaired) electrons. The molecule has 1 aliphatic carbocycles. The minimum Gasteiger partial charge on any atom is -0.299 e. The Labute approximate surface area is 115 Å².